The summed E-state index contributed by atoms with van der Waals surface area (Å²) in [4.78, 5) is 38.4. The molecule has 1 aliphatic carbocycles. The van der Waals surface area contributed by atoms with E-state index >= 15 is 0 Å². The summed E-state index contributed by atoms with van der Waals surface area (Å²) < 4.78 is 5.37. The Hall–Kier alpha value is -3.26. The van der Waals surface area contributed by atoms with Gasteiger partial charge in [-0.05, 0) is 56.0 Å². The van der Waals surface area contributed by atoms with Gasteiger partial charge in [0.15, 0.2) is 0 Å². The maximum Gasteiger partial charge on any atom is 0.313 e. The Labute approximate surface area is 206 Å². The Bertz CT molecular complexity index is 1070. The van der Waals surface area contributed by atoms with Crippen LogP contribution in [0.3, 0.4) is 0 Å². The summed E-state index contributed by atoms with van der Waals surface area (Å²) >= 11 is 0. The largest absolute Gasteiger partial charge is 0.465 e. The first-order chi connectivity index (χ1) is 17.0. The number of carbonyl (C=O) groups is 2. The van der Waals surface area contributed by atoms with Gasteiger partial charge >= 0.3 is 5.97 Å². The first-order valence-electron chi connectivity index (χ1n) is 12.5. The summed E-state index contributed by atoms with van der Waals surface area (Å²) in [6, 6.07) is 9.46. The Kier molecular flexibility index (Phi) is 6.81. The molecule has 0 bridgehead atoms. The molecule has 1 saturated carbocycles. The number of nitrogens with one attached hydrogen (secondary N) is 1. The molecular formula is C27H33N5O3. The molecule has 8 nitrogen and oxygen atoms in total. The Morgan fingerprint density at radius 2 is 1.89 bits per heavy atom. The maximum atomic E-state index is 12.6. The summed E-state index contributed by atoms with van der Waals surface area (Å²) in [5.41, 5.74) is 2.36. The molecule has 0 spiro atoms. The second kappa shape index (κ2) is 10.2. The van der Waals surface area contributed by atoms with Crippen LogP contribution in [0.15, 0.2) is 54.9 Å². The molecule has 2 saturated heterocycles. The average Bonchev–Trinajstić information content (AvgIpc) is 3.36. The number of benzene rings is 1. The van der Waals surface area contributed by atoms with E-state index in [0.29, 0.717) is 31.6 Å². The summed E-state index contributed by atoms with van der Waals surface area (Å²) in [5.74, 6) is 0.854. The standard InChI is InChI=1S/C27H33N5O3/c1-20-16-23-19-35-25(34)27(23,17-20)18-21-4-6-22(7-5-21)24(33)28-10-3-11-31-12-14-32(15-13-31)26-29-8-2-9-30-26/h2,4-9,23H,1,3,10-19H2,(H,28,33). The van der Waals surface area contributed by atoms with Crippen LogP contribution in [0, 0.1) is 11.3 Å². The highest BCUT2D eigenvalue weighted by molar-refractivity contribution is 5.94. The van der Waals surface area contributed by atoms with Crippen molar-refractivity contribution in [2.75, 3.05) is 50.8 Å². The highest BCUT2D eigenvalue weighted by Crippen LogP contribution is 2.52. The van der Waals surface area contributed by atoms with Gasteiger partial charge in [-0.1, -0.05) is 24.3 Å². The topological polar surface area (TPSA) is 87.7 Å². The van der Waals surface area contributed by atoms with Gasteiger partial charge in [0, 0.05) is 56.6 Å². The number of nitrogens with zero attached hydrogens (tertiary/aromatic N) is 4. The molecule has 2 atom stereocenters. The first kappa shape index (κ1) is 23.5. The molecule has 2 aliphatic heterocycles. The van der Waals surface area contributed by atoms with Crippen LogP contribution in [0.5, 0.6) is 0 Å². The smallest absolute Gasteiger partial charge is 0.313 e. The van der Waals surface area contributed by atoms with Crippen LogP contribution in [0.1, 0.15) is 35.2 Å². The molecule has 3 aliphatic rings. The number of fused-ring (bicyclic) bond motifs is 1. The van der Waals surface area contributed by atoms with Crippen LogP contribution in [0.4, 0.5) is 5.95 Å². The Balaban J connectivity index is 1.04. The first-order valence-corrected chi connectivity index (χ1v) is 12.5. The number of allylic oxidation sites excluding steroid dienone is 1. The number of carbonyl (C=O) groups excluding carboxylic acids is 2. The molecule has 8 heteroatoms. The zero-order valence-electron chi connectivity index (χ0n) is 20.1. The summed E-state index contributed by atoms with van der Waals surface area (Å²) in [6.07, 6.45) is 6.66. The number of esters is 1. The SMILES string of the molecule is C=C1CC2COC(=O)C2(Cc2ccc(C(=O)NCCCN3CCN(c4ncccn4)CC3)cc2)C1. The lowest BCUT2D eigenvalue weighted by Gasteiger charge is -2.34. The molecule has 3 heterocycles. The van der Waals surface area contributed by atoms with E-state index in [4.69, 9.17) is 4.74 Å². The van der Waals surface area contributed by atoms with Crippen molar-refractivity contribution >= 4 is 17.8 Å². The lowest BCUT2D eigenvalue weighted by atomic mass is 9.75. The van der Waals surface area contributed by atoms with E-state index < -0.39 is 5.41 Å². The van der Waals surface area contributed by atoms with E-state index in [2.05, 4.69) is 31.7 Å². The van der Waals surface area contributed by atoms with E-state index in [1.54, 1.807) is 12.4 Å². The Morgan fingerprint density at radius 1 is 1.14 bits per heavy atom. The minimum Gasteiger partial charge on any atom is -0.465 e. The molecule has 5 rings (SSSR count). The normalized spacial score (nSPS) is 24.3. The fourth-order valence-electron chi connectivity index (χ4n) is 5.63. The summed E-state index contributed by atoms with van der Waals surface area (Å²) in [5, 5.41) is 3.03. The van der Waals surface area contributed by atoms with Crippen LogP contribution in [-0.4, -0.2) is 72.6 Å². The van der Waals surface area contributed by atoms with Crippen molar-refractivity contribution in [3.63, 3.8) is 0 Å². The third-order valence-corrected chi connectivity index (χ3v) is 7.58. The van der Waals surface area contributed by atoms with E-state index in [-0.39, 0.29) is 17.8 Å². The molecule has 2 aromatic rings. The Morgan fingerprint density at radius 3 is 2.63 bits per heavy atom. The third-order valence-electron chi connectivity index (χ3n) is 7.58. The zero-order chi connectivity index (χ0) is 24.3. The number of ether oxygens (including phenoxy) is 1. The number of aromatic nitrogens is 2. The van der Waals surface area contributed by atoms with Crippen molar-refractivity contribution in [2.24, 2.45) is 11.3 Å². The van der Waals surface area contributed by atoms with Crippen molar-refractivity contribution < 1.29 is 14.3 Å². The quantitative estimate of drug-likeness (QED) is 0.357. The molecule has 184 valence electrons. The van der Waals surface area contributed by atoms with Gasteiger partial charge < -0.3 is 15.0 Å². The van der Waals surface area contributed by atoms with E-state index in [0.717, 1.165) is 62.7 Å². The fraction of sp³-hybridized carbons (Fsp3) is 0.481. The van der Waals surface area contributed by atoms with Gasteiger partial charge in [-0.2, -0.15) is 0 Å². The fourth-order valence-corrected chi connectivity index (χ4v) is 5.63. The van der Waals surface area contributed by atoms with E-state index in [1.165, 1.54) is 0 Å². The van der Waals surface area contributed by atoms with Gasteiger partial charge in [0.1, 0.15) is 0 Å². The predicted molar refractivity (Wildman–Crippen MR) is 133 cm³/mol. The predicted octanol–water partition coefficient (Wildman–Crippen LogP) is 2.47. The molecule has 0 radical (unpaired) electrons. The minimum absolute atomic E-state index is 0.0619. The summed E-state index contributed by atoms with van der Waals surface area (Å²) in [6.45, 7) is 9.96. The highest BCUT2D eigenvalue weighted by atomic mass is 16.5. The van der Waals surface area contributed by atoms with Gasteiger partial charge in [-0.25, -0.2) is 9.97 Å². The maximum absolute atomic E-state index is 12.6. The van der Waals surface area contributed by atoms with Gasteiger partial charge in [0.25, 0.3) is 5.91 Å². The molecule has 1 amide bonds. The number of amides is 1. The van der Waals surface area contributed by atoms with Gasteiger partial charge in [-0.15, -0.1) is 0 Å². The average molecular weight is 476 g/mol. The van der Waals surface area contributed by atoms with Crippen LogP contribution in [0.25, 0.3) is 0 Å². The molecule has 1 aromatic carbocycles. The molecule has 2 unspecified atom stereocenters. The number of hydrogen-bond donors (Lipinski definition) is 1. The van der Waals surface area contributed by atoms with E-state index in [9.17, 15) is 9.59 Å². The minimum atomic E-state index is -0.472. The summed E-state index contributed by atoms with van der Waals surface area (Å²) in [7, 11) is 0. The van der Waals surface area contributed by atoms with Crippen LogP contribution >= 0.6 is 0 Å². The number of piperazine rings is 1. The van der Waals surface area contributed by atoms with Crippen LogP contribution in [0.2, 0.25) is 0 Å². The van der Waals surface area contributed by atoms with Gasteiger partial charge in [-0.3, -0.25) is 14.5 Å². The molecule has 1 aromatic heterocycles. The van der Waals surface area contributed by atoms with Gasteiger partial charge in [0.05, 0.1) is 12.0 Å². The van der Waals surface area contributed by atoms with Crippen molar-refractivity contribution in [3.8, 4) is 0 Å². The van der Waals surface area contributed by atoms with E-state index in [1.807, 2.05) is 30.3 Å². The molecule has 3 fully saturated rings. The van der Waals surface area contributed by atoms with Crippen molar-refractivity contribution in [2.45, 2.75) is 25.7 Å². The van der Waals surface area contributed by atoms with Gasteiger partial charge in [0.2, 0.25) is 5.95 Å². The van der Waals surface area contributed by atoms with Crippen LogP contribution < -0.4 is 10.2 Å². The lowest BCUT2D eigenvalue weighted by molar-refractivity contribution is -0.146. The molecule has 35 heavy (non-hydrogen) atoms. The number of cyclic esters (lactones) is 1. The second-order valence-electron chi connectivity index (χ2n) is 9.94. The second-order valence-corrected chi connectivity index (χ2v) is 9.94. The third kappa shape index (κ3) is 5.07. The highest BCUT2D eigenvalue weighted by Gasteiger charge is 2.55. The number of hydrogen-bond acceptors (Lipinski definition) is 7. The lowest BCUT2D eigenvalue weighted by Crippen LogP contribution is -2.47. The van der Waals surface area contributed by atoms with Crippen LogP contribution in [-0.2, 0) is 16.0 Å². The van der Waals surface area contributed by atoms with Crippen molar-refractivity contribution in [1.82, 2.24) is 20.2 Å². The number of rotatable bonds is 8. The molecular weight excluding hydrogens is 442 g/mol. The number of anilines is 1. The monoisotopic (exact) mass is 475 g/mol. The zero-order valence-corrected chi connectivity index (χ0v) is 20.1. The molecule has 1 N–H and O–H groups in total. The van der Waals surface area contributed by atoms with Crippen molar-refractivity contribution in [3.05, 3.63) is 66.0 Å². The van der Waals surface area contributed by atoms with Crippen molar-refractivity contribution in [1.29, 1.82) is 0 Å².